The molecule has 0 saturated carbocycles. The zero-order valence-corrected chi connectivity index (χ0v) is 13.1. The van der Waals surface area contributed by atoms with Crippen LogP contribution in [0.1, 0.15) is 31.7 Å². The Hall–Kier alpha value is -2.62. The van der Waals surface area contributed by atoms with Gasteiger partial charge in [0.15, 0.2) is 0 Å². The number of rotatable bonds is 2. The van der Waals surface area contributed by atoms with Crippen LogP contribution in [0.5, 0.6) is 5.75 Å². The Morgan fingerprint density at radius 1 is 1.50 bits per heavy atom. The summed E-state index contributed by atoms with van der Waals surface area (Å²) in [4.78, 5) is 10.6. The fraction of sp³-hybridized carbons (Fsp3) is 0.467. The maximum absolute atomic E-state index is 11.0. The molecule has 116 valence electrons. The number of hydrogen-bond donors (Lipinski definition) is 1. The van der Waals surface area contributed by atoms with Gasteiger partial charge in [0, 0.05) is 24.1 Å². The summed E-state index contributed by atoms with van der Waals surface area (Å²) >= 11 is 0. The average molecular weight is 303 g/mol. The molecule has 1 unspecified atom stereocenters. The molecule has 1 aliphatic heterocycles. The highest BCUT2D eigenvalue weighted by atomic mass is 16.6. The van der Waals surface area contributed by atoms with Crippen LogP contribution >= 0.6 is 0 Å². The van der Waals surface area contributed by atoms with E-state index in [9.17, 15) is 10.1 Å². The number of hydrogen-bond acceptors (Lipinski definition) is 4. The second-order valence-electron chi connectivity index (χ2n) is 6.11. The standard InChI is InChI=1S/C15H18N4O3/c1-15(2)8-12(14(17-9-16)18(3)4)11-7-10(19(20)21)5-6-13(11)22-15/h5-7,12H,8H2,1-4H3/p+1. The van der Waals surface area contributed by atoms with Crippen molar-refractivity contribution in [3.8, 4) is 11.9 Å². The van der Waals surface area contributed by atoms with E-state index >= 15 is 0 Å². The van der Waals surface area contributed by atoms with Crippen molar-refractivity contribution in [1.82, 2.24) is 5.32 Å². The smallest absolute Gasteiger partial charge is 0.288 e. The van der Waals surface area contributed by atoms with Crippen molar-refractivity contribution in [1.29, 1.82) is 5.26 Å². The van der Waals surface area contributed by atoms with Gasteiger partial charge in [0.1, 0.15) is 11.4 Å². The Bertz CT molecular complexity index is 685. The van der Waals surface area contributed by atoms with Gasteiger partial charge in [-0.25, -0.2) is 0 Å². The highest BCUT2D eigenvalue weighted by Gasteiger charge is 2.40. The van der Waals surface area contributed by atoms with Crippen molar-refractivity contribution in [2.24, 2.45) is 0 Å². The van der Waals surface area contributed by atoms with E-state index in [1.807, 2.05) is 38.7 Å². The second-order valence-corrected chi connectivity index (χ2v) is 6.11. The predicted molar refractivity (Wildman–Crippen MR) is 81.0 cm³/mol. The highest BCUT2D eigenvalue weighted by Crippen LogP contribution is 2.42. The predicted octanol–water partition coefficient (Wildman–Crippen LogP) is 1.98. The van der Waals surface area contributed by atoms with Gasteiger partial charge < -0.3 is 4.74 Å². The van der Waals surface area contributed by atoms with Crippen molar-refractivity contribution < 1.29 is 14.2 Å². The topological polar surface area (TPSA) is 91.2 Å². The van der Waals surface area contributed by atoms with E-state index < -0.39 is 10.5 Å². The molecule has 1 aromatic carbocycles. The van der Waals surface area contributed by atoms with Crippen molar-refractivity contribution >= 4 is 11.5 Å². The summed E-state index contributed by atoms with van der Waals surface area (Å²) in [5.74, 6) is 1.14. The monoisotopic (exact) mass is 303 g/mol. The molecule has 7 heteroatoms. The van der Waals surface area contributed by atoms with Crippen LogP contribution in [0.25, 0.3) is 0 Å². The summed E-state index contributed by atoms with van der Waals surface area (Å²) in [6.45, 7) is 3.92. The zero-order valence-electron chi connectivity index (χ0n) is 13.1. The number of benzene rings is 1. The molecule has 22 heavy (non-hydrogen) atoms. The number of nitro benzene ring substituents is 1. The average Bonchev–Trinajstić information content (AvgIpc) is 2.42. The van der Waals surface area contributed by atoms with Crippen LogP contribution in [0.2, 0.25) is 0 Å². The molecular weight excluding hydrogens is 284 g/mol. The Labute approximate surface area is 129 Å². The largest absolute Gasteiger partial charge is 0.488 e. The highest BCUT2D eigenvalue weighted by molar-refractivity contribution is 5.87. The molecule has 1 aromatic rings. The molecule has 7 nitrogen and oxygen atoms in total. The number of nitrogens with one attached hydrogen (secondary N) is 1. The van der Waals surface area contributed by atoms with Crippen LogP contribution in [-0.4, -0.2) is 35.0 Å². The molecule has 1 N–H and O–H groups in total. The number of ether oxygens (including phenoxy) is 1. The van der Waals surface area contributed by atoms with Gasteiger partial charge >= 0.3 is 0 Å². The Kier molecular flexibility index (Phi) is 4.04. The minimum absolute atomic E-state index is 0.0159. The Balaban J connectivity index is 2.61. The van der Waals surface area contributed by atoms with Crippen molar-refractivity contribution in [2.45, 2.75) is 31.8 Å². The van der Waals surface area contributed by atoms with Crippen LogP contribution < -0.4 is 10.1 Å². The first kappa shape index (κ1) is 15.8. The normalized spacial score (nSPS) is 18.4. The van der Waals surface area contributed by atoms with Crippen LogP contribution in [0, 0.1) is 21.6 Å². The molecule has 0 aliphatic carbocycles. The zero-order chi connectivity index (χ0) is 16.5. The molecule has 2 rings (SSSR count). The molecule has 0 saturated heterocycles. The van der Waals surface area contributed by atoms with E-state index in [1.165, 1.54) is 12.1 Å². The third kappa shape index (κ3) is 3.01. The van der Waals surface area contributed by atoms with Gasteiger partial charge in [-0.1, -0.05) is 0 Å². The van der Waals surface area contributed by atoms with E-state index in [0.717, 1.165) is 5.56 Å². The quantitative estimate of drug-likeness (QED) is 0.172. The number of amidine groups is 1. The van der Waals surface area contributed by atoms with Crippen molar-refractivity contribution in [3.05, 3.63) is 33.9 Å². The van der Waals surface area contributed by atoms with Crippen molar-refractivity contribution in [2.75, 3.05) is 14.1 Å². The maximum Gasteiger partial charge on any atom is 0.288 e. The fourth-order valence-corrected chi connectivity index (χ4v) is 2.77. The second kappa shape index (κ2) is 5.64. The summed E-state index contributed by atoms with van der Waals surface area (Å²) < 4.78 is 7.74. The molecule has 1 atom stereocenters. The number of non-ortho nitro benzene ring substituents is 1. The molecule has 1 aliphatic rings. The van der Waals surface area contributed by atoms with Gasteiger partial charge in [-0.15, -0.1) is 5.26 Å². The summed E-state index contributed by atoms with van der Waals surface area (Å²) in [6.07, 6.45) is 2.55. The number of nitriles is 1. The molecule has 0 spiro atoms. The summed E-state index contributed by atoms with van der Waals surface area (Å²) in [5, 5.41) is 22.7. The van der Waals surface area contributed by atoms with Crippen molar-refractivity contribution in [3.63, 3.8) is 0 Å². The summed E-state index contributed by atoms with van der Waals surface area (Å²) in [7, 11) is 3.67. The lowest BCUT2D eigenvalue weighted by Gasteiger charge is -2.36. The first-order valence-electron chi connectivity index (χ1n) is 6.92. The van der Waals surface area contributed by atoms with Crippen LogP contribution in [0.4, 0.5) is 5.69 Å². The fourth-order valence-electron chi connectivity index (χ4n) is 2.77. The molecule has 0 fully saturated rings. The molecule has 0 radical (unpaired) electrons. The molecule has 0 bridgehead atoms. The van der Waals surface area contributed by atoms with Gasteiger partial charge in [0.25, 0.3) is 17.7 Å². The third-order valence-electron chi connectivity index (χ3n) is 3.66. The van der Waals surface area contributed by atoms with E-state index in [1.54, 1.807) is 6.07 Å². The van der Waals surface area contributed by atoms with E-state index in [-0.39, 0.29) is 11.6 Å². The Morgan fingerprint density at radius 3 is 2.73 bits per heavy atom. The summed E-state index contributed by atoms with van der Waals surface area (Å²) in [5.41, 5.74) is 0.314. The lowest BCUT2D eigenvalue weighted by atomic mass is 9.83. The maximum atomic E-state index is 11.0. The molecule has 0 aromatic heterocycles. The van der Waals surface area contributed by atoms with Gasteiger partial charge in [-0.3, -0.25) is 14.7 Å². The first-order valence-corrected chi connectivity index (χ1v) is 6.92. The SMILES string of the molecule is C[N+](C)=C(NC#N)C1CC(C)(C)Oc2ccc([N+](=O)[O-])cc21. The Morgan fingerprint density at radius 2 is 2.18 bits per heavy atom. The number of nitrogens with zero attached hydrogens (tertiary/aromatic N) is 3. The molecule has 1 heterocycles. The van der Waals surface area contributed by atoms with Gasteiger partial charge in [0.2, 0.25) is 0 Å². The van der Waals surface area contributed by atoms with Crippen LogP contribution in [0.15, 0.2) is 18.2 Å². The molecular formula is C15H19N4O3+. The summed E-state index contributed by atoms with van der Waals surface area (Å²) in [6, 6.07) is 4.59. The number of fused-ring (bicyclic) bond motifs is 1. The lowest BCUT2D eigenvalue weighted by Crippen LogP contribution is -2.42. The van der Waals surface area contributed by atoms with Gasteiger partial charge in [-0.05, 0) is 19.9 Å². The van der Waals surface area contributed by atoms with Gasteiger partial charge in [-0.2, -0.15) is 5.32 Å². The van der Waals surface area contributed by atoms with Crippen LogP contribution in [0.3, 0.4) is 0 Å². The third-order valence-corrected chi connectivity index (χ3v) is 3.66. The molecule has 0 amide bonds. The van der Waals surface area contributed by atoms with E-state index in [0.29, 0.717) is 18.0 Å². The first-order chi connectivity index (χ1) is 10.2. The number of nitro groups is 1. The van der Waals surface area contributed by atoms with E-state index in [2.05, 4.69) is 5.32 Å². The van der Waals surface area contributed by atoms with Crippen LogP contribution in [-0.2, 0) is 0 Å². The minimum Gasteiger partial charge on any atom is -0.488 e. The van der Waals surface area contributed by atoms with Gasteiger partial charge in [0.05, 0.1) is 24.9 Å². The lowest BCUT2D eigenvalue weighted by molar-refractivity contribution is -0.468. The van der Waals surface area contributed by atoms with E-state index in [4.69, 9.17) is 10.00 Å². The minimum atomic E-state index is -0.426.